The number of hydrogen-bond acceptors (Lipinski definition) is 4. The van der Waals surface area contributed by atoms with Crippen molar-refractivity contribution in [3.63, 3.8) is 0 Å². The van der Waals surface area contributed by atoms with Crippen molar-refractivity contribution in [2.24, 2.45) is 0 Å². The number of benzene rings is 2. The van der Waals surface area contributed by atoms with Gasteiger partial charge in [-0.25, -0.2) is 4.98 Å². The van der Waals surface area contributed by atoms with Crippen LogP contribution >= 0.6 is 11.3 Å². The van der Waals surface area contributed by atoms with E-state index in [2.05, 4.69) is 4.98 Å². The van der Waals surface area contributed by atoms with Gasteiger partial charge in [-0.3, -0.25) is 9.20 Å². The van der Waals surface area contributed by atoms with Gasteiger partial charge < -0.3 is 4.74 Å². The summed E-state index contributed by atoms with van der Waals surface area (Å²) in [5.41, 5.74) is 2.52. The Kier molecular flexibility index (Phi) is 2.94. The number of rotatable bonds is 2. The number of fused-ring (bicyclic) bond motifs is 3. The SMILES string of the molecule is COc1ccc2c(c1)nc1sc(-c3ccccc3)cc(=O)n12. The quantitative estimate of drug-likeness (QED) is 0.568. The van der Waals surface area contributed by atoms with Crippen LogP contribution in [0, 0.1) is 0 Å². The molecule has 4 nitrogen and oxygen atoms in total. The molecule has 4 aromatic rings. The molecule has 0 aliphatic rings. The fourth-order valence-corrected chi connectivity index (χ4v) is 3.53. The van der Waals surface area contributed by atoms with Crippen molar-refractivity contribution in [3.8, 4) is 16.2 Å². The molecule has 0 bridgehead atoms. The average molecular weight is 308 g/mol. The van der Waals surface area contributed by atoms with Crippen LogP contribution in [-0.4, -0.2) is 16.5 Å². The van der Waals surface area contributed by atoms with Crippen molar-refractivity contribution in [1.82, 2.24) is 9.38 Å². The first-order valence-corrected chi connectivity index (χ1v) is 7.64. The largest absolute Gasteiger partial charge is 0.497 e. The first kappa shape index (κ1) is 13.0. The van der Waals surface area contributed by atoms with Crippen molar-refractivity contribution < 1.29 is 4.74 Å². The molecule has 0 atom stereocenters. The maximum absolute atomic E-state index is 12.5. The van der Waals surface area contributed by atoms with Crippen LogP contribution in [0.3, 0.4) is 0 Å². The predicted molar refractivity (Wildman–Crippen MR) is 88.8 cm³/mol. The van der Waals surface area contributed by atoms with Gasteiger partial charge in [-0.2, -0.15) is 0 Å². The van der Waals surface area contributed by atoms with Crippen molar-refractivity contribution in [1.29, 1.82) is 0 Å². The van der Waals surface area contributed by atoms with Gasteiger partial charge in [0.2, 0.25) is 0 Å². The molecule has 0 saturated heterocycles. The monoisotopic (exact) mass is 308 g/mol. The molecule has 0 amide bonds. The molecule has 5 heteroatoms. The molecule has 0 fully saturated rings. The van der Waals surface area contributed by atoms with Crippen LogP contribution in [0.25, 0.3) is 26.4 Å². The molecule has 0 spiro atoms. The van der Waals surface area contributed by atoms with Gasteiger partial charge in [0.1, 0.15) is 5.75 Å². The van der Waals surface area contributed by atoms with Crippen LogP contribution in [0.5, 0.6) is 5.75 Å². The van der Waals surface area contributed by atoms with Crippen molar-refractivity contribution in [2.75, 3.05) is 7.11 Å². The topological polar surface area (TPSA) is 43.6 Å². The normalized spacial score (nSPS) is 11.1. The lowest BCUT2D eigenvalue weighted by atomic mass is 10.2. The molecule has 2 aromatic heterocycles. The number of imidazole rings is 1. The van der Waals surface area contributed by atoms with Crippen LogP contribution in [-0.2, 0) is 0 Å². The Bertz CT molecular complexity index is 1040. The molecule has 0 radical (unpaired) electrons. The molecule has 22 heavy (non-hydrogen) atoms. The van der Waals surface area contributed by atoms with Crippen LogP contribution in [0.2, 0.25) is 0 Å². The summed E-state index contributed by atoms with van der Waals surface area (Å²) >= 11 is 1.50. The molecular weight excluding hydrogens is 296 g/mol. The Morgan fingerprint density at radius 3 is 2.68 bits per heavy atom. The Morgan fingerprint density at radius 2 is 1.91 bits per heavy atom. The second-order valence-electron chi connectivity index (χ2n) is 4.90. The molecule has 0 saturated carbocycles. The van der Waals surface area contributed by atoms with E-state index in [9.17, 15) is 4.79 Å². The first-order valence-electron chi connectivity index (χ1n) is 6.82. The Morgan fingerprint density at radius 1 is 1.09 bits per heavy atom. The Balaban J connectivity index is 2.02. The number of methoxy groups -OCH3 is 1. The number of nitrogens with zero attached hydrogens (tertiary/aromatic N) is 2. The summed E-state index contributed by atoms with van der Waals surface area (Å²) in [4.78, 5) is 18.7. The summed E-state index contributed by atoms with van der Waals surface area (Å²) in [5.74, 6) is 0.733. The summed E-state index contributed by atoms with van der Waals surface area (Å²) in [5, 5.41) is 0. The second kappa shape index (κ2) is 4.96. The number of aromatic nitrogens is 2. The first-order chi connectivity index (χ1) is 10.8. The van der Waals surface area contributed by atoms with E-state index in [1.807, 2.05) is 48.5 Å². The summed E-state index contributed by atoms with van der Waals surface area (Å²) < 4.78 is 6.86. The molecule has 108 valence electrons. The maximum atomic E-state index is 12.5. The lowest BCUT2D eigenvalue weighted by molar-refractivity contribution is 0.415. The van der Waals surface area contributed by atoms with E-state index < -0.39 is 0 Å². The van der Waals surface area contributed by atoms with Gasteiger partial charge in [-0.15, -0.1) is 0 Å². The smallest absolute Gasteiger partial charge is 0.258 e. The van der Waals surface area contributed by atoms with Crippen molar-refractivity contribution >= 4 is 27.3 Å². The van der Waals surface area contributed by atoms with Gasteiger partial charge in [0.05, 0.1) is 18.1 Å². The summed E-state index contributed by atoms with van der Waals surface area (Å²) in [6.07, 6.45) is 0. The predicted octanol–water partition coefficient (Wildman–Crippen LogP) is 3.58. The highest BCUT2D eigenvalue weighted by Crippen LogP contribution is 2.28. The highest BCUT2D eigenvalue weighted by molar-refractivity contribution is 7.20. The minimum Gasteiger partial charge on any atom is -0.497 e. The summed E-state index contributed by atoms with van der Waals surface area (Å²) in [7, 11) is 1.62. The standard InChI is InChI=1S/C17H12N2O2S/c1-21-12-7-8-14-13(9-12)18-17-19(14)16(20)10-15(22-17)11-5-3-2-4-6-11/h2-10H,1H3. The van der Waals surface area contributed by atoms with Gasteiger partial charge in [-0.1, -0.05) is 41.7 Å². The molecule has 4 rings (SSSR count). The molecule has 2 aromatic carbocycles. The summed E-state index contributed by atoms with van der Waals surface area (Å²) in [6, 6.07) is 17.1. The van der Waals surface area contributed by atoms with E-state index in [4.69, 9.17) is 4.74 Å². The number of hydrogen-bond donors (Lipinski definition) is 0. The van der Waals surface area contributed by atoms with Gasteiger partial charge in [0.15, 0.2) is 4.96 Å². The van der Waals surface area contributed by atoms with Gasteiger partial charge in [0.25, 0.3) is 5.56 Å². The molecule has 0 N–H and O–H groups in total. The second-order valence-corrected chi connectivity index (χ2v) is 5.91. The van der Waals surface area contributed by atoms with E-state index >= 15 is 0 Å². The van der Waals surface area contributed by atoms with E-state index in [0.29, 0.717) is 4.96 Å². The lowest BCUT2D eigenvalue weighted by Crippen LogP contribution is -2.09. The zero-order chi connectivity index (χ0) is 15.1. The molecule has 2 heterocycles. The van der Waals surface area contributed by atoms with Gasteiger partial charge in [0, 0.05) is 17.0 Å². The third kappa shape index (κ3) is 1.98. The minimum atomic E-state index is -0.0692. The molecule has 0 aliphatic heterocycles. The van der Waals surface area contributed by atoms with E-state index in [1.165, 1.54) is 11.3 Å². The minimum absolute atomic E-state index is 0.0692. The van der Waals surface area contributed by atoms with Gasteiger partial charge in [-0.05, 0) is 17.7 Å². The van der Waals surface area contributed by atoms with Crippen LogP contribution in [0.15, 0.2) is 59.4 Å². The highest BCUT2D eigenvalue weighted by atomic mass is 32.1. The maximum Gasteiger partial charge on any atom is 0.258 e. The van der Waals surface area contributed by atoms with Crippen LogP contribution in [0.1, 0.15) is 0 Å². The lowest BCUT2D eigenvalue weighted by Gasteiger charge is -2.01. The molecular formula is C17H12N2O2S. The third-order valence-electron chi connectivity index (χ3n) is 3.57. The zero-order valence-electron chi connectivity index (χ0n) is 11.8. The Labute approximate surface area is 130 Å². The van der Waals surface area contributed by atoms with Gasteiger partial charge >= 0.3 is 0 Å². The van der Waals surface area contributed by atoms with Crippen LogP contribution in [0.4, 0.5) is 0 Å². The fraction of sp³-hybridized carbons (Fsp3) is 0.0588. The van der Waals surface area contributed by atoms with Crippen LogP contribution < -0.4 is 10.3 Å². The number of ether oxygens (including phenoxy) is 1. The third-order valence-corrected chi connectivity index (χ3v) is 4.60. The van der Waals surface area contributed by atoms with Crippen molar-refractivity contribution in [2.45, 2.75) is 0 Å². The van der Waals surface area contributed by atoms with Crippen molar-refractivity contribution in [3.05, 3.63) is 65.0 Å². The average Bonchev–Trinajstić information content (AvgIpc) is 2.93. The van der Waals surface area contributed by atoms with E-state index in [-0.39, 0.29) is 5.56 Å². The molecule has 0 unspecified atom stereocenters. The Hall–Kier alpha value is -2.66. The fourth-order valence-electron chi connectivity index (χ4n) is 2.50. The van der Waals surface area contributed by atoms with E-state index in [1.54, 1.807) is 17.6 Å². The summed E-state index contributed by atoms with van der Waals surface area (Å²) in [6.45, 7) is 0. The molecule has 0 aliphatic carbocycles. The van der Waals surface area contributed by atoms with E-state index in [0.717, 1.165) is 27.2 Å². The zero-order valence-corrected chi connectivity index (χ0v) is 12.6. The highest BCUT2D eigenvalue weighted by Gasteiger charge is 2.11.